The molecule has 1 saturated carbocycles. The summed E-state index contributed by atoms with van der Waals surface area (Å²) in [6, 6.07) is 14.2. The van der Waals surface area contributed by atoms with Gasteiger partial charge in [0.25, 0.3) is 0 Å². The van der Waals surface area contributed by atoms with Crippen LogP contribution in [0.1, 0.15) is 42.7 Å². The first-order valence-electron chi connectivity index (χ1n) is 12.1. The zero-order chi connectivity index (χ0) is 23.9. The van der Waals surface area contributed by atoms with E-state index >= 15 is 0 Å². The zero-order valence-electron chi connectivity index (χ0n) is 20.1. The number of hydrogen-bond donors (Lipinski definition) is 1. The number of methoxy groups -OCH3 is 2. The predicted molar refractivity (Wildman–Crippen MR) is 130 cm³/mol. The van der Waals surface area contributed by atoms with Gasteiger partial charge in [0, 0.05) is 26.2 Å². The Kier molecular flexibility index (Phi) is 8.29. The molecule has 0 aromatic heterocycles. The maximum atomic E-state index is 11.7. The minimum atomic E-state index is -0.722. The molecule has 2 aromatic carbocycles. The van der Waals surface area contributed by atoms with E-state index in [2.05, 4.69) is 17.0 Å². The Balaban J connectivity index is 1.46. The lowest BCUT2D eigenvalue weighted by molar-refractivity contribution is -0.144. The predicted octanol–water partition coefficient (Wildman–Crippen LogP) is 4.48. The fourth-order valence-corrected chi connectivity index (χ4v) is 5.01. The molecule has 34 heavy (non-hydrogen) atoms. The summed E-state index contributed by atoms with van der Waals surface area (Å²) in [5.41, 5.74) is 3.29. The largest absolute Gasteiger partial charge is 0.497 e. The third-order valence-corrected chi connectivity index (χ3v) is 6.90. The molecule has 0 unspecified atom stereocenters. The Morgan fingerprint density at radius 3 is 2.71 bits per heavy atom. The third-order valence-electron chi connectivity index (χ3n) is 6.90. The molecule has 0 radical (unpaired) electrons. The average Bonchev–Trinajstić information content (AvgIpc) is 2.87. The molecule has 0 spiro atoms. The van der Waals surface area contributed by atoms with Crippen molar-refractivity contribution in [3.8, 4) is 11.5 Å². The summed E-state index contributed by atoms with van der Waals surface area (Å²) in [6.07, 6.45) is 2.88. The minimum Gasteiger partial charge on any atom is -0.497 e. The molecule has 7 heteroatoms. The van der Waals surface area contributed by atoms with Crippen LogP contribution in [0.4, 0.5) is 5.69 Å². The van der Waals surface area contributed by atoms with Crippen molar-refractivity contribution in [2.24, 2.45) is 5.92 Å². The Labute approximate surface area is 201 Å². The number of benzene rings is 2. The van der Waals surface area contributed by atoms with Crippen LogP contribution < -0.4 is 14.4 Å². The molecule has 0 amide bonds. The molecule has 1 N–H and O–H groups in total. The van der Waals surface area contributed by atoms with Gasteiger partial charge in [0.2, 0.25) is 0 Å². The highest BCUT2D eigenvalue weighted by Gasteiger charge is 2.35. The van der Waals surface area contributed by atoms with Gasteiger partial charge in [0.05, 0.1) is 38.0 Å². The quantitative estimate of drug-likeness (QED) is 0.514. The van der Waals surface area contributed by atoms with Crippen LogP contribution >= 0.6 is 0 Å². The maximum absolute atomic E-state index is 11.7. The highest BCUT2D eigenvalue weighted by Crippen LogP contribution is 2.40. The summed E-state index contributed by atoms with van der Waals surface area (Å²) in [6.45, 7) is 3.69. The van der Waals surface area contributed by atoms with Gasteiger partial charge in [-0.2, -0.15) is 0 Å². The van der Waals surface area contributed by atoms with Gasteiger partial charge in [-0.25, -0.2) is 0 Å². The maximum Gasteiger partial charge on any atom is 0.306 e. The number of fused-ring (bicyclic) bond motifs is 1. The smallest absolute Gasteiger partial charge is 0.306 e. The molecule has 4 rings (SSSR count). The number of nitrogens with zero attached hydrogens (tertiary/aromatic N) is 1. The molecule has 1 aliphatic carbocycles. The van der Waals surface area contributed by atoms with Crippen molar-refractivity contribution in [2.45, 2.75) is 44.3 Å². The van der Waals surface area contributed by atoms with E-state index in [1.807, 2.05) is 30.3 Å². The van der Waals surface area contributed by atoms with Crippen LogP contribution in [0.2, 0.25) is 0 Å². The number of carboxylic acid groups (broad SMARTS) is 1. The van der Waals surface area contributed by atoms with E-state index in [1.54, 1.807) is 14.2 Å². The SMILES string of the molecule is COCCCN1CCOc2ccc(CO[C@H]3CC[C@H](C(=O)O)C[C@@H]3c3ccc(OC)cc3)cc21. The molecular weight excluding hydrogens is 434 g/mol. The molecule has 7 nitrogen and oxygen atoms in total. The van der Waals surface area contributed by atoms with Crippen LogP contribution in [0.15, 0.2) is 42.5 Å². The van der Waals surface area contributed by atoms with Gasteiger partial charge in [-0.15, -0.1) is 0 Å². The fourth-order valence-electron chi connectivity index (χ4n) is 5.01. The normalized spacial score (nSPS) is 22.1. The van der Waals surface area contributed by atoms with Gasteiger partial charge in [0.15, 0.2) is 0 Å². The van der Waals surface area contributed by atoms with E-state index in [0.29, 0.717) is 26.1 Å². The molecule has 1 fully saturated rings. The van der Waals surface area contributed by atoms with E-state index in [9.17, 15) is 9.90 Å². The summed E-state index contributed by atoms with van der Waals surface area (Å²) < 4.78 is 22.8. The summed E-state index contributed by atoms with van der Waals surface area (Å²) in [7, 11) is 3.37. The van der Waals surface area contributed by atoms with E-state index in [4.69, 9.17) is 18.9 Å². The molecule has 0 bridgehead atoms. The van der Waals surface area contributed by atoms with E-state index in [0.717, 1.165) is 60.9 Å². The van der Waals surface area contributed by atoms with Crippen LogP contribution in [-0.4, -0.2) is 57.7 Å². The molecule has 1 aliphatic heterocycles. The topological polar surface area (TPSA) is 77.5 Å². The molecule has 184 valence electrons. The number of aliphatic carboxylic acids is 1. The molecular formula is C27H35NO6. The molecule has 1 heterocycles. The van der Waals surface area contributed by atoms with Crippen molar-refractivity contribution in [1.29, 1.82) is 0 Å². The summed E-state index contributed by atoms with van der Waals surface area (Å²) in [5.74, 6) is 0.671. The van der Waals surface area contributed by atoms with Crippen LogP contribution in [0.25, 0.3) is 0 Å². The molecule has 3 atom stereocenters. The van der Waals surface area contributed by atoms with Crippen molar-refractivity contribution in [2.75, 3.05) is 45.4 Å². The standard InChI is InChI=1S/C27H35NO6/c1-31-14-3-12-28-13-15-33-26-10-4-19(16-24(26)28)18-34-25-11-7-21(27(29)30)17-23(25)20-5-8-22(32-2)9-6-20/h4-6,8-10,16,21,23,25H,3,7,11-15,17-18H2,1-2H3,(H,29,30)/t21-,23+,25-/m0/s1. The first-order valence-corrected chi connectivity index (χ1v) is 12.1. The second-order valence-electron chi connectivity index (χ2n) is 9.06. The molecule has 0 saturated heterocycles. The second kappa shape index (κ2) is 11.6. The van der Waals surface area contributed by atoms with Crippen LogP contribution in [-0.2, 0) is 20.9 Å². The van der Waals surface area contributed by atoms with E-state index < -0.39 is 5.97 Å². The summed E-state index contributed by atoms with van der Waals surface area (Å²) in [5, 5.41) is 9.61. The number of rotatable bonds is 10. The molecule has 2 aromatic rings. The van der Waals surface area contributed by atoms with Gasteiger partial charge in [-0.1, -0.05) is 18.2 Å². The first-order chi connectivity index (χ1) is 16.6. The third kappa shape index (κ3) is 5.83. The lowest BCUT2D eigenvalue weighted by atomic mass is 9.76. The number of carbonyl (C=O) groups is 1. The lowest BCUT2D eigenvalue weighted by Gasteiger charge is -2.35. The lowest BCUT2D eigenvalue weighted by Crippen LogP contribution is -2.34. The van der Waals surface area contributed by atoms with Crippen molar-refractivity contribution in [1.82, 2.24) is 0 Å². The minimum absolute atomic E-state index is 0.0333. The second-order valence-corrected chi connectivity index (χ2v) is 9.06. The van der Waals surface area contributed by atoms with Crippen LogP contribution in [0.5, 0.6) is 11.5 Å². The fraction of sp³-hybridized carbons (Fsp3) is 0.519. The van der Waals surface area contributed by atoms with Gasteiger partial charge >= 0.3 is 5.97 Å². The van der Waals surface area contributed by atoms with Gasteiger partial charge < -0.3 is 29.0 Å². The monoisotopic (exact) mass is 469 g/mol. The number of hydrogen-bond acceptors (Lipinski definition) is 6. The number of anilines is 1. The van der Waals surface area contributed by atoms with Crippen molar-refractivity contribution >= 4 is 11.7 Å². The van der Waals surface area contributed by atoms with Gasteiger partial charge in [-0.05, 0) is 61.1 Å². The highest BCUT2D eigenvalue weighted by atomic mass is 16.5. The number of ether oxygens (including phenoxy) is 4. The zero-order valence-corrected chi connectivity index (χ0v) is 20.1. The Hall–Kier alpha value is -2.77. The van der Waals surface area contributed by atoms with Crippen LogP contribution in [0, 0.1) is 5.92 Å². The van der Waals surface area contributed by atoms with Gasteiger partial charge in [0.1, 0.15) is 18.1 Å². The molecule has 2 aliphatic rings. The van der Waals surface area contributed by atoms with E-state index in [-0.39, 0.29) is 17.9 Å². The average molecular weight is 470 g/mol. The van der Waals surface area contributed by atoms with Crippen molar-refractivity contribution in [3.63, 3.8) is 0 Å². The van der Waals surface area contributed by atoms with Gasteiger partial charge in [-0.3, -0.25) is 4.79 Å². The highest BCUT2D eigenvalue weighted by molar-refractivity contribution is 5.70. The summed E-state index contributed by atoms with van der Waals surface area (Å²) >= 11 is 0. The first kappa shape index (κ1) is 24.4. The van der Waals surface area contributed by atoms with Crippen LogP contribution in [0.3, 0.4) is 0 Å². The van der Waals surface area contributed by atoms with Crippen molar-refractivity contribution < 1.29 is 28.8 Å². The Bertz CT molecular complexity index is 947. The summed E-state index contributed by atoms with van der Waals surface area (Å²) in [4.78, 5) is 14.0. The van der Waals surface area contributed by atoms with Crippen molar-refractivity contribution in [3.05, 3.63) is 53.6 Å². The Morgan fingerprint density at radius 1 is 1.15 bits per heavy atom. The number of carboxylic acids is 1. The Morgan fingerprint density at radius 2 is 1.97 bits per heavy atom. The van der Waals surface area contributed by atoms with E-state index in [1.165, 1.54) is 0 Å².